The summed E-state index contributed by atoms with van der Waals surface area (Å²) in [7, 11) is 3.59. The summed E-state index contributed by atoms with van der Waals surface area (Å²) in [6.07, 6.45) is 2.88. The van der Waals surface area contributed by atoms with Crippen molar-refractivity contribution in [1.29, 1.82) is 0 Å². The van der Waals surface area contributed by atoms with E-state index in [1.54, 1.807) is 7.11 Å². The smallest absolute Gasteiger partial charge is 0.125 e. The summed E-state index contributed by atoms with van der Waals surface area (Å²) in [6, 6.07) is 7.76. The van der Waals surface area contributed by atoms with E-state index in [-0.39, 0.29) is 6.04 Å². The lowest BCUT2D eigenvalue weighted by Crippen LogP contribution is -2.22. The van der Waals surface area contributed by atoms with Gasteiger partial charge in [0.1, 0.15) is 5.75 Å². The van der Waals surface area contributed by atoms with Gasteiger partial charge in [0.2, 0.25) is 0 Å². The Morgan fingerprint density at radius 2 is 2.20 bits per heavy atom. The monoisotopic (exact) mass is 293 g/mol. The molecule has 1 N–H and O–H groups in total. The molecular weight excluding hydrogens is 274 g/mol. The minimum absolute atomic E-state index is 0.0243. The Hall–Kier alpha value is -1.52. The van der Waals surface area contributed by atoms with Gasteiger partial charge in [0.15, 0.2) is 0 Å². The number of nitrogens with zero attached hydrogens (tertiary/aromatic N) is 2. The fraction of sp³-hybridized carbons (Fsp3) is 0.400. The van der Waals surface area contributed by atoms with Gasteiger partial charge in [-0.3, -0.25) is 4.68 Å². The molecule has 0 radical (unpaired) electrons. The fourth-order valence-electron chi connectivity index (χ4n) is 2.37. The summed E-state index contributed by atoms with van der Waals surface area (Å²) in [6.45, 7) is 3.04. The van der Waals surface area contributed by atoms with Gasteiger partial charge in [-0.1, -0.05) is 24.6 Å². The number of methoxy groups -OCH3 is 1. The molecule has 0 fully saturated rings. The summed E-state index contributed by atoms with van der Waals surface area (Å²) in [5.74, 6) is 0.779. The standard InChI is InChI=1S/C15H20ClN3O/c1-4-9-19-13(7-8-18-19)15(17-2)12-6-5-11(16)10-14(12)20-3/h5-8,10,15,17H,4,9H2,1-3H3. The molecule has 2 rings (SSSR count). The van der Waals surface area contributed by atoms with Crippen molar-refractivity contribution >= 4 is 11.6 Å². The van der Waals surface area contributed by atoms with Crippen LogP contribution >= 0.6 is 11.6 Å². The summed E-state index contributed by atoms with van der Waals surface area (Å²) in [5.41, 5.74) is 2.17. The third kappa shape index (κ3) is 2.97. The molecule has 1 aromatic carbocycles. The fourth-order valence-corrected chi connectivity index (χ4v) is 2.54. The number of nitrogens with one attached hydrogen (secondary N) is 1. The van der Waals surface area contributed by atoms with E-state index in [0.717, 1.165) is 30.0 Å². The molecule has 0 bridgehead atoms. The van der Waals surface area contributed by atoms with E-state index < -0.39 is 0 Å². The van der Waals surface area contributed by atoms with Gasteiger partial charge in [-0.15, -0.1) is 0 Å². The molecule has 20 heavy (non-hydrogen) atoms. The van der Waals surface area contributed by atoms with Crippen molar-refractivity contribution in [2.75, 3.05) is 14.2 Å². The van der Waals surface area contributed by atoms with Gasteiger partial charge in [0, 0.05) is 23.3 Å². The highest BCUT2D eigenvalue weighted by molar-refractivity contribution is 6.30. The summed E-state index contributed by atoms with van der Waals surface area (Å²) >= 11 is 6.03. The Morgan fingerprint density at radius 3 is 2.85 bits per heavy atom. The Labute approximate surface area is 124 Å². The molecule has 4 nitrogen and oxygen atoms in total. The lowest BCUT2D eigenvalue weighted by Gasteiger charge is -2.20. The molecule has 0 aliphatic heterocycles. The molecule has 1 aromatic heterocycles. The molecular formula is C15H20ClN3O. The topological polar surface area (TPSA) is 39.1 Å². The second-order valence-corrected chi connectivity index (χ2v) is 5.02. The number of halogens is 1. The van der Waals surface area contributed by atoms with Crippen molar-refractivity contribution in [3.63, 3.8) is 0 Å². The Bertz CT molecular complexity index is 568. The van der Waals surface area contributed by atoms with Crippen LogP contribution in [0.3, 0.4) is 0 Å². The normalized spacial score (nSPS) is 12.4. The highest BCUT2D eigenvalue weighted by Gasteiger charge is 2.20. The van der Waals surface area contributed by atoms with Crippen molar-refractivity contribution in [2.24, 2.45) is 0 Å². The van der Waals surface area contributed by atoms with Gasteiger partial charge in [-0.25, -0.2) is 0 Å². The first-order chi connectivity index (χ1) is 9.71. The predicted octanol–water partition coefficient (Wildman–Crippen LogP) is 3.26. The third-order valence-corrected chi connectivity index (χ3v) is 3.51. The van der Waals surface area contributed by atoms with Crippen molar-refractivity contribution in [2.45, 2.75) is 25.9 Å². The van der Waals surface area contributed by atoms with Crippen LogP contribution in [0.1, 0.15) is 30.6 Å². The lowest BCUT2D eigenvalue weighted by atomic mass is 10.0. The minimum Gasteiger partial charge on any atom is -0.496 e. The number of aromatic nitrogens is 2. The van der Waals surface area contributed by atoms with Crippen molar-refractivity contribution < 1.29 is 4.74 Å². The average molecular weight is 294 g/mol. The third-order valence-electron chi connectivity index (χ3n) is 3.28. The summed E-state index contributed by atoms with van der Waals surface area (Å²) in [4.78, 5) is 0. The van der Waals surface area contributed by atoms with Crippen LogP contribution in [0, 0.1) is 0 Å². The molecule has 0 amide bonds. The molecule has 2 aromatic rings. The van der Waals surface area contributed by atoms with Crippen LogP contribution < -0.4 is 10.1 Å². The van der Waals surface area contributed by atoms with Crippen LogP contribution in [-0.4, -0.2) is 23.9 Å². The average Bonchev–Trinajstić information content (AvgIpc) is 2.90. The van der Waals surface area contributed by atoms with Crippen LogP contribution in [0.2, 0.25) is 5.02 Å². The maximum atomic E-state index is 6.03. The van der Waals surface area contributed by atoms with Crippen LogP contribution in [0.4, 0.5) is 0 Å². The van der Waals surface area contributed by atoms with Crippen molar-refractivity contribution in [3.8, 4) is 5.75 Å². The van der Waals surface area contributed by atoms with Crippen LogP contribution in [0.5, 0.6) is 5.75 Å². The van der Waals surface area contributed by atoms with E-state index in [1.165, 1.54) is 0 Å². The first-order valence-electron chi connectivity index (χ1n) is 6.73. The van der Waals surface area contributed by atoms with E-state index in [9.17, 15) is 0 Å². The molecule has 0 saturated heterocycles. The highest BCUT2D eigenvalue weighted by atomic mass is 35.5. The molecule has 0 saturated carbocycles. The van der Waals surface area contributed by atoms with Gasteiger partial charge in [0.25, 0.3) is 0 Å². The maximum absolute atomic E-state index is 6.03. The van der Waals surface area contributed by atoms with Crippen molar-refractivity contribution in [1.82, 2.24) is 15.1 Å². The summed E-state index contributed by atoms with van der Waals surface area (Å²) in [5, 5.41) is 8.38. The SMILES string of the molecule is CCCn1nccc1C(NC)c1ccc(Cl)cc1OC. The number of hydrogen-bond acceptors (Lipinski definition) is 3. The zero-order chi connectivity index (χ0) is 14.5. The molecule has 1 heterocycles. The summed E-state index contributed by atoms with van der Waals surface area (Å²) < 4.78 is 7.48. The molecule has 1 unspecified atom stereocenters. The predicted molar refractivity (Wildman–Crippen MR) is 81.4 cm³/mol. The molecule has 108 valence electrons. The van der Waals surface area contributed by atoms with Crippen molar-refractivity contribution in [3.05, 3.63) is 46.7 Å². The highest BCUT2D eigenvalue weighted by Crippen LogP contribution is 2.32. The Balaban J connectivity index is 2.44. The van der Waals surface area contributed by atoms with Gasteiger partial charge < -0.3 is 10.1 Å². The van der Waals surface area contributed by atoms with Crippen LogP contribution in [-0.2, 0) is 6.54 Å². The molecule has 0 aliphatic carbocycles. The second kappa shape index (κ2) is 6.77. The maximum Gasteiger partial charge on any atom is 0.125 e. The zero-order valence-electron chi connectivity index (χ0n) is 12.1. The van der Waals surface area contributed by atoms with Gasteiger partial charge >= 0.3 is 0 Å². The number of benzene rings is 1. The van der Waals surface area contributed by atoms with E-state index in [2.05, 4.69) is 17.3 Å². The van der Waals surface area contributed by atoms with Gasteiger partial charge in [-0.2, -0.15) is 5.10 Å². The minimum atomic E-state index is 0.0243. The molecule has 0 spiro atoms. The lowest BCUT2D eigenvalue weighted by molar-refractivity contribution is 0.403. The first-order valence-corrected chi connectivity index (χ1v) is 7.11. The van der Waals surface area contributed by atoms with Crippen LogP contribution in [0.15, 0.2) is 30.5 Å². The molecule has 1 atom stereocenters. The Kier molecular flexibility index (Phi) is 5.04. The van der Waals surface area contributed by atoms with E-state index in [0.29, 0.717) is 5.02 Å². The van der Waals surface area contributed by atoms with E-state index in [4.69, 9.17) is 16.3 Å². The Morgan fingerprint density at radius 1 is 1.40 bits per heavy atom. The van der Waals surface area contributed by atoms with Crippen LogP contribution in [0.25, 0.3) is 0 Å². The molecule has 0 aliphatic rings. The van der Waals surface area contributed by atoms with Gasteiger partial charge in [-0.05, 0) is 31.7 Å². The number of rotatable bonds is 6. The largest absolute Gasteiger partial charge is 0.496 e. The van der Waals surface area contributed by atoms with E-state index in [1.807, 2.05) is 42.2 Å². The van der Waals surface area contributed by atoms with E-state index >= 15 is 0 Å². The second-order valence-electron chi connectivity index (χ2n) is 4.59. The van der Waals surface area contributed by atoms with Gasteiger partial charge in [0.05, 0.1) is 18.8 Å². The number of ether oxygens (including phenoxy) is 1. The zero-order valence-corrected chi connectivity index (χ0v) is 12.8. The quantitative estimate of drug-likeness (QED) is 0.888. The molecule has 5 heteroatoms. The first kappa shape index (κ1) is 14.9. The number of aryl methyl sites for hydroxylation is 1. The number of hydrogen-bond donors (Lipinski definition) is 1.